The fraction of sp³-hybridized carbons (Fsp3) is 0.423. The average molecular weight is 518 g/mol. The predicted molar refractivity (Wildman–Crippen MR) is 133 cm³/mol. The largest absolute Gasteiger partial charge is 0.493 e. The second kappa shape index (κ2) is 11.0. The van der Waals surface area contributed by atoms with Gasteiger partial charge in [-0.15, -0.1) is 0 Å². The lowest BCUT2D eigenvalue weighted by molar-refractivity contribution is -0.130. The summed E-state index contributed by atoms with van der Waals surface area (Å²) in [5.74, 6) is 1.04. The van der Waals surface area contributed by atoms with Gasteiger partial charge in [0.05, 0.1) is 31.7 Å². The molecule has 0 atom stereocenters. The minimum Gasteiger partial charge on any atom is -0.493 e. The van der Waals surface area contributed by atoms with Crippen LogP contribution in [0.2, 0.25) is 0 Å². The molecular formula is C26H29F2N3O6. The van der Waals surface area contributed by atoms with Crippen LogP contribution in [-0.2, 0) is 11.3 Å². The summed E-state index contributed by atoms with van der Waals surface area (Å²) >= 11 is 0. The van der Waals surface area contributed by atoms with E-state index in [0.717, 1.165) is 4.57 Å². The first kappa shape index (κ1) is 26.2. The van der Waals surface area contributed by atoms with Crippen LogP contribution in [-0.4, -0.2) is 60.3 Å². The summed E-state index contributed by atoms with van der Waals surface area (Å²) in [6.07, 6.45) is -1.60. The Hall–Kier alpha value is -3.89. The topological polar surface area (TPSA) is 92.0 Å². The quantitative estimate of drug-likeness (QED) is 0.456. The number of halogens is 2. The number of methoxy groups -OCH3 is 2. The maximum atomic E-state index is 13.8. The molecule has 0 bridgehead atoms. The number of hydrogen-bond acceptors (Lipinski definition) is 6. The number of likely N-dealkylation sites (tertiary alicyclic amines) is 1. The van der Waals surface area contributed by atoms with Crippen molar-refractivity contribution in [2.75, 3.05) is 33.9 Å². The number of piperidine rings is 1. The van der Waals surface area contributed by atoms with Crippen molar-refractivity contribution in [2.45, 2.75) is 38.8 Å². The first-order valence-electron chi connectivity index (χ1n) is 11.9. The Morgan fingerprint density at radius 1 is 1.03 bits per heavy atom. The Morgan fingerprint density at radius 3 is 2.35 bits per heavy atom. The average Bonchev–Trinajstić information content (AvgIpc) is 2.90. The van der Waals surface area contributed by atoms with Crippen LogP contribution < -0.4 is 25.5 Å². The third-order valence-corrected chi connectivity index (χ3v) is 6.58. The first-order valence-corrected chi connectivity index (χ1v) is 11.9. The molecule has 1 aliphatic heterocycles. The van der Waals surface area contributed by atoms with Crippen molar-refractivity contribution in [3.8, 4) is 17.2 Å². The van der Waals surface area contributed by atoms with Crippen LogP contribution in [0, 0.1) is 0 Å². The molecule has 1 aromatic heterocycles. The number of hydrogen-bond donors (Lipinski definition) is 0. The second-order valence-electron chi connectivity index (χ2n) is 8.85. The van der Waals surface area contributed by atoms with E-state index >= 15 is 0 Å². The van der Waals surface area contributed by atoms with E-state index in [9.17, 15) is 23.2 Å². The minimum absolute atomic E-state index is 0.0325. The standard InChI is InChI=1S/C26H29F2N3O6/c1-16(32)29-10-8-18(9-11-29)31-21-6-5-19(37-15-24(27)28)13-20(21)25(33)30(26(31)34)14-17-4-7-22(35-2)23(12-17)36-3/h4-7,12-13,18,24H,8-11,14-15H2,1-3H3. The van der Waals surface area contributed by atoms with Crippen molar-refractivity contribution in [2.24, 2.45) is 0 Å². The van der Waals surface area contributed by atoms with E-state index in [2.05, 4.69) is 0 Å². The molecule has 2 heterocycles. The SMILES string of the molecule is COc1ccc(Cn2c(=O)c3cc(OCC(F)F)ccc3n(C3CCN(C(C)=O)CC3)c2=O)cc1OC. The number of fused-ring (bicyclic) bond motifs is 1. The van der Waals surface area contributed by atoms with Gasteiger partial charge in [-0.25, -0.2) is 13.6 Å². The zero-order valence-electron chi connectivity index (χ0n) is 20.9. The highest BCUT2D eigenvalue weighted by atomic mass is 19.3. The van der Waals surface area contributed by atoms with E-state index in [-0.39, 0.29) is 29.6 Å². The summed E-state index contributed by atoms with van der Waals surface area (Å²) in [6, 6.07) is 9.27. The monoisotopic (exact) mass is 517 g/mol. The van der Waals surface area contributed by atoms with Gasteiger partial charge in [0.2, 0.25) is 5.91 Å². The van der Waals surface area contributed by atoms with Crippen molar-refractivity contribution in [3.05, 3.63) is 62.8 Å². The second-order valence-corrected chi connectivity index (χ2v) is 8.85. The van der Waals surface area contributed by atoms with Crippen molar-refractivity contribution >= 4 is 16.8 Å². The summed E-state index contributed by atoms with van der Waals surface area (Å²) in [5.41, 5.74) is -0.0204. The number of aromatic nitrogens is 2. The molecule has 0 N–H and O–H groups in total. The molecule has 0 saturated carbocycles. The first-order chi connectivity index (χ1) is 17.7. The number of nitrogens with zero attached hydrogens (tertiary/aromatic N) is 3. The van der Waals surface area contributed by atoms with Crippen LogP contribution in [0.25, 0.3) is 10.9 Å². The molecule has 37 heavy (non-hydrogen) atoms. The molecule has 1 amide bonds. The van der Waals surface area contributed by atoms with E-state index < -0.39 is 24.3 Å². The van der Waals surface area contributed by atoms with Crippen LogP contribution in [0.4, 0.5) is 8.78 Å². The minimum atomic E-state index is -2.67. The molecule has 11 heteroatoms. The molecule has 4 rings (SSSR count). The van der Waals surface area contributed by atoms with Gasteiger partial charge < -0.3 is 19.1 Å². The molecular weight excluding hydrogens is 488 g/mol. The van der Waals surface area contributed by atoms with Gasteiger partial charge in [0.15, 0.2) is 11.5 Å². The summed E-state index contributed by atoms with van der Waals surface area (Å²) in [5, 5.41) is 0.181. The highest BCUT2D eigenvalue weighted by molar-refractivity contribution is 5.80. The molecule has 2 aromatic carbocycles. The molecule has 9 nitrogen and oxygen atoms in total. The highest BCUT2D eigenvalue weighted by Gasteiger charge is 2.26. The fourth-order valence-corrected chi connectivity index (χ4v) is 4.70. The molecule has 198 valence electrons. The Labute approximate surface area is 211 Å². The number of amides is 1. The summed E-state index contributed by atoms with van der Waals surface area (Å²) in [6.45, 7) is 1.62. The summed E-state index contributed by atoms with van der Waals surface area (Å²) < 4.78 is 43.9. The van der Waals surface area contributed by atoms with Gasteiger partial charge in [-0.05, 0) is 48.7 Å². The third-order valence-electron chi connectivity index (χ3n) is 6.58. The van der Waals surface area contributed by atoms with Gasteiger partial charge in [-0.1, -0.05) is 6.07 Å². The lowest BCUT2D eigenvalue weighted by atomic mass is 10.0. The van der Waals surface area contributed by atoms with Crippen molar-refractivity contribution in [3.63, 3.8) is 0 Å². The van der Waals surface area contributed by atoms with Crippen LogP contribution in [0.1, 0.15) is 31.4 Å². The zero-order valence-corrected chi connectivity index (χ0v) is 20.9. The summed E-state index contributed by atoms with van der Waals surface area (Å²) in [4.78, 5) is 40.8. The van der Waals surface area contributed by atoms with Crippen LogP contribution in [0.15, 0.2) is 46.0 Å². The third kappa shape index (κ3) is 5.45. The van der Waals surface area contributed by atoms with Gasteiger partial charge in [0.1, 0.15) is 12.4 Å². The smallest absolute Gasteiger partial charge is 0.332 e. The molecule has 0 aliphatic carbocycles. The van der Waals surface area contributed by atoms with Gasteiger partial charge >= 0.3 is 5.69 Å². The van der Waals surface area contributed by atoms with E-state index in [0.29, 0.717) is 48.5 Å². The van der Waals surface area contributed by atoms with Crippen molar-refractivity contribution in [1.29, 1.82) is 0 Å². The van der Waals surface area contributed by atoms with E-state index in [1.165, 1.54) is 33.3 Å². The number of rotatable bonds is 8. The van der Waals surface area contributed by atoms with Crippen molar-refractivity contribution in [1.82, 2.24) is 14.0 Å². The molecule has 0 radical (unpaired) electrons. The van der Waals surface area contributed by atoms with Crippen LogP contribution in [0.5, 0.6) is 17.2 Å². The van der Waals surface area contributed by atoms with E-state index in [4.69, 9.17) is 14.2 Å². The van der Waals surface area contributed by atoms with Gasteiger partial charge in [-0.2, -0.15) is 0 Å². The molecule has 3 aromatic rings. The Bertz CT molecular complexity index is 1410. The zero-order chi connectivity index (χ0) is 26.7. The lowest BCUT2D eigenvalue weighted by Gasteiger charge is -2.33. The molecule has 1 aliphatic rings. The number of carbonyl (C=O) groups excluding carboxylic acids is 1. The number of benzene rings is 2. The fourth-order valence-electron chi connectivity index (χ4n) is 4.70. The number of carbonyl (C=O) groups is 1. The maximum Gasteiger partial charge on any atom is 0.332 e. The molecule has 1 saturated heterocycles. The number of alkyl halides is 2. The van der Waals surface area contributed by atoms with E-state index in [1.807, 2.05) is 0 Å². The molecule has 1 fully saturated rings. The Morgan fingerprint density at radius 2 is 1.73 bits per heavy atom. The van der Waals surface area contributed by atoms with Crippen LogP contribution in [0.3, 0.4) is 0 Å². The number of ether oxygens (including phenoxy) is 3. The van der Waals surface area contributed by atoms with Gasteiger partial charge in [0, 0.05) is 26.1 Å². The molecule has 0 spiro atoms. The van der Waals surface area contributed by atoms with Crippen LogP contribution >= 0.6 is 0 Å². The highest BCUT2D eigenvalue weighted by Crippen LogP contribution is 2.29. The Balaban J connectivity index is 1.83. The Kier molecular flexibility index (Phi) is 7.80. The summed E-state index contributed by atoms with van der Waals surface area (Å²) in [7, 11) is 3.00. The van der Waals surface area contributed by atoms with E-state index in [1.54, 1.807) is 33.7 Å². The lowest BCUT2D eigenvalue weighted by Crippen LogP contribution is -2.45. The normalized spacial score (nSPS) is 14.3. The van der Waals surface area contributed by atoms with Gasteiger partial charge in [-0.3, -0.25) is 18.7 Å². The van der Waals surface area contributed by atoms with Gasteiger partial charge in [0.25, 0.3) is 12.0 Å². The van der Waals surface area contributed by atoms with Crippen molar-refractivity contribution < 1.29 is 27.8 Å². The predicted octanol–water partition coefficient (Wildman–Crippen LogP) is 3.06. The maximum absolute atomic E-state index is 13.8. The molecule has 0 unspecified atom stereocenters.